The van der Waals surface area contributed by atoms with E-state index in [1.54, 1.807) is 31.7 Å². The van der Waals surface area contributed by atoms with E-state index in [4.69, 9.17) is 9.47 Å². The minimum absolute atomic E-state index is 0.186. The van der Waals surface area contributed by atoms with E-state index in [0.717, 1.165) is 23.4 Å². The van der Waals surface area contributed by atoms with Crippen LogP contribution in [0.25, 0.3) is 0 Å². The molecule has 4 aromatic rings. The molecule has 0 aliphatic rings. The molecule has 8 heteroatoms. The van der Waals surface area contributed by atoms with Gasteiger partial charge in [-0.15, -0.1) is 11.3 Å². The fourth-order valence-electron chi connectivity index (χ4n) is 4.14. The van der Waals surface area contributed by atoms with Gasteiger partial charge in [-0.05, 0) is 42.2 Å². The van der Waals surface area contributed by atoms with Crippen LogP contribution in [0.2, 0.25) is 0 Å². The number of thiazole rings is 1. The molecule has 198 valence electrons. The number of rotatable bonds is 13. The summed E-state index contributed by atoms with van der Waals surface area (Å²) in [7, 11) is 3.23. The molecule has 0 bridgehead atoms. The lowest BCUT2D eigenvalue weighted by molar-refractivity contribution is 0.0949. The highest BCUT2D eigenvalue weighted by molar-refractivity contribution is 7.09. The molecule has 0 aliphatic heterocycles. The fraction of sp³-hybridized carbons (Fsp3) is 0.267. The van der Waals surface area contributed by atoms with Crippen LogP contribution in [0.15, 0.2) is 78.2 Å². The van der Waals surface area contributed by atoms with Crippen molar-refractivity contribution < 1.29 is 18.7 Å². The van der Waals surface area contributed by atoms with E-state index in [0.29, 0.717) is 48.9 Å². The molecule has 0 atom stereocenters. The highest BCUT2D eigenvalue weighted by Crippen LogP contribution is 2.28. The van der Waals surface area contributed by atoms with E-state index in [2.05, 4.69) is 15.2 Å². The Morgan fingerprint density at radius 3 is 2.45 bits per heavy atom. The van der Waals surface area contributed by atoms with E-state index in [1.165, 1.54) is 23.0 Å². The molecular formula is C30H32FN3O3S. The number of carbonyl (C=O) groups excluding carboxylic acids is 1. The maximum atomic E-state index is 14.5. The van der Waals surface area contributed by atoms with Crippen LogP contribution in [0.3, 0.4) is 0 Å². The molecule has 0 saturated heterocycles. The lowest BCUT2D eigenvalue weighted by Crippen LogP contribution is -2.27. The van der Waals surface area contributed by atoms with E-state index in [9.17, 15) is 9.18 Å². The van der Waals surface area contributed by atoms with Crippen LogP contribution in [0.1, 0.15) is 32.2 Å². The monoisotopic (exact) mass is 533 g/mol. The van der Waals surface area contributed by atoms with E-state index < -0.39 is 0 Å². The second kappa shape index (κ2) is 13.7. The van der Waals surface area contributed by atoms with Crippen molar-refractivity contribution in [2.75, 3.05) is 27.3 Å². The highest BCUT2D eigenvalue weighted by Gasteiger charge is 2.16. The highest BCUT2D eigenvalue weighted by atomic mass is 32.1. The Labute approximate surface area is 227 Å². The number of amides is 1. The molecule has 0 spiro atoms. The topological polar surface area (TPSA) is 63.7 Å². The smallest absolute Gasteiger partial charge is 0.270 e. The van der Waals surface area contributed by atoms with Crippen molar-refractivity contribution in [3.63, 3.8) is 0 Å². The van der Waals surface area contributed by atoms with Crippen molar-refractivity contribution in [1.82, 2.24) is 15.2 Å². The number of methoxy groups -OCH3 is 2. The van der Waals surface area contributed by atoms with Gasteiger partial charge in [-0.1, -0.05) is 54.6 Å². The van der Waals surface area contributed by atoms with Gasteiger partial charge in [-0.3, -0.25) is 9.69 Å². The molecule has 3 aromatic carbocycles. The van der Waals surface area contributed by atoms with Gasteiger partial charge >= 0.3 is 0 Å². The van der Waals surface area contributed by atoms with E-state index >= 15 is 0 Å². The van der Waals surface area contributed by atoms with Crippen LogP contribution in [0.4, 0.5) is 4.39 Å². The third-order valence-corrected chi connectivity index (χ3v) is 7.04. The van der Waals surface area contributed by atoms with Crippen LogP contribution >= 0.6 is 11.3 Å². The molecule has 1 amide bonds. The molecule has 0 fully saturated rings. The Balaban J connectivity index is 1.40. The van der Waals surface area contributed by atoms with Gasteiger partial charge in [-0.2, -0.15) is 0 Å². The Bertz CT molecular complexity index is 1330. The van der Waals surface area contributed by atoms with Gasteiger partial charge in [0.25, 0.3) is 5.91 Å². The summed E-state index contributed by atoms with van der Waals surface area (Å²) in [6.07, 6.45) is 1.49. The second-order valence-corrected chi connectivity index (χ2v) is 9.80. The number of hydrogen-bond donors (Lipinski definition) is 1. The van der Waals surface area contributed by atoms with Crippen LogP contribution in [0, 0.1) is 5.82 Å². The zero-order chi connectivity index (χ0) is 26.7. The molecule has 1 aromatic heterocycles. The number of hydrogen-bond acceptors (Lipinski definition) is 6. The fourth-order valence-corrected chi connectivity index (χ4v) is 4.96. The summed E-state index contributed by atoms with van der Waals surface area (Å²) in [5.41, 5.74) is 3.28. The maximum absolute atomic E-state index is 14.5. The number of nitrogens with one attached hydrogen (secondary N) is 1. The first-order valence-corrected chi connectivity index (χ1v) is 13.4. The van der Waals surface area contributed by atoms with Crippen molar-refractivity contribution >= 4 is 17.2 Å². The van der Waals surface area contributed by atoms with Crippen LogP contribution in [-0.4, -0.2) is 43.1 Å². The van der Waals surface area contributed by atoms with Crippen molar-refractivity contribution in [2.24, 2.45) is 0 Å². The average Bonchev–Trinajstić information content (AvgIpc) is 3.42. The average molecular weight is 534 g/mol. The van der Waals surface area contributed by atoms with E-state index in [1.807, 2.05) is 54.6 Å². The minimum Gasteiger partial charge on any atom is -0.493 e. The van der Waals surface area contributed by atoms with Gasteiger partial charge in [-0.25, -0.2) is 9.37 Å². The van der Waals surface area contributed by atoms with Crippen molar-refractivity contribution in [3.05, 3.63) is 111 Å². The molecule has 4 rings (SSSR count). The van der Waals surface area contributed by atoms with Gasteiger partial charge in [0.15, 0.2) is 11.5 Å². The zero-order valence-corrected chi connectivity index (χ0v) is 22.5. The van der Waals surface area contributed by atoms with Gasteiger partial charge in [0, 0.05) is 30.6 Å². The van der Waals surface area contributed by atoms with Crippen LogP contribution in [-0.2, 0) is 25.9 Å². The lowest BCUT2D eigenvalue weighted by atomic mass is 10.1. The molecule has 38 heavy (non-hydrogen) atoms. The predicted octanol–water partition coefficient (Wildman–Crippen LogP) is 5.52. The molecule has 0 unspecified atom stereocenters. The summed E-state index contributed by atoms with van der Waals surface area (Å²) >= 11 is 1.44. The van der Waals surface area contributed by atoms with E-state index in [-0.39, 0.29) is 11.7 Å². The van der Waals surface area contributed by atoms with Crippen molar-refractivity contribution in [1.29, 1.82) is 0 Å². The lowest BCUT2D eigenvalue weighted by Gasteiger charge is -2.22. The van der Waals surface area contributed by atoms with Crippen LogP contribution < -0.4 is 14.8 Å². The summed E-state index contributed by atoms with van der Waals surface area (Å²) in [5, 5.41) is 5.54. The van der Waals surface area contributed by atoms with Gasteiger partial charge in [0.1, 0.15) is 16.5 Å². The number of carbonyl (C=O) groups is 1. The molecular weight excluding hydrogens is 501 g/mol. The first-order chi connectivity index (χ1) is 18.6. The summed E-state index contributed by atoms with van der Waals surface area (Å²) in [6, 6.07) is 22.7. The molecule has 1 heterocycles. The molecule has 1 N–H and O–H groups in total. The Morgan fingerprint density at radius 2 is 1.68 bits per heavy atom. The summed E-state index contributed by atoms with van der Waals surface area (Å²) in [6.45, 7) is 2.14. The molecule has 6 nitrogen and oxygen atoms in total. The maximum Gasteiger partial charge on any atom is 0.270 e. The third kappa shape index (κ3) is 7.63. The SMILES string of the molecule is COc1ccc(CCN(Cc2nc(C(=O)NCCc3ccccc3)cs2)Cc2ccccc2F)cc1OC. The van der Waals surface area contributed by atoms with Gasteiger partial charge in [0.05, 0.1) is 20.8 Å². The number of nitrogens with zero attached hydrogens (tertiary/aromatic N) is 2. The van der Waals surface area contributed by atoms with Crippen molar-refractivity contribution in [3.8, 4) is 11.5 Å². The standard InChI is InChI=1S/C30H32FN3O3S/c1-36-27-13-12-23(18-28(27)37-2)15-17-34(19-24-10-6-7-11-25(24)31)20-29-33-26(21-38-29)30(35)32-16-14-22-8-4-3-5-9-22/h3-13,18,21H,14-17,19-20H2,1-2H3,(H,32,35). The third-order valence-electron chi connectivity index (χ3n) is 6.20. The largest absolute Gasteiger partial charge is 0.493 e. The first kappa shape index (κ1) is 27.3. The normalized spacial score (nSPS) is 10.9. The molecule has 0 radical (unpaired) electrons. The number of ether oxygens (including phenoxy) is 2. The predicted molar refractivity (Wildman–Crippen MR) is 148 cm³/mol. The van der Waals surface area contributed by atoms with Crippen molar-refractivity contribution in [2.45, 2.75) is 25.9 Å². The first-order valence-electron chi connectivity index (χ1n) is 12.5. The second-order valence-electron chi connectivity index (χ2n) is 8.86. The molecule has 0 aliphatic carbocycles. The molecule has 0 saturated carbocycles. The quantitative estimate of drug-likeness (QED) is 0.245. The van der Waals surface area contributed by atoms with Gasteiger partial charge < -0.3 is 14.8 Å². The summed E-state index contributed by atoms with van der Waals surface area (Å²) < 4.78 is 25.2. The Kier molecular flexibility index (Phi) is 9.84. The minimum atomic E-state index is -0.235. The zero-order valence-electron chi connectivity index (χ0n) is 21.7. The Morgan fingerprint density at radius 1 is 0.921 bits per heavy atom. The van der Waals surface area contributed by atoms with Gasteiger partial charge in [0.2, 0.25) is 0 Å². The number of halogens is 1. The summed E-state index contributed by atoms with van der Waals surface area (Å²) in [5.74, 6) is 0.931. The number of benzene rings is 3. The van der Waals surface area contributed by atoms with Crippen LogP contribution in [0.5, 0.6) is 11.5 Å². The Hall–Kier alpha value is -3.75. The summed E-state index contributed by atoms with van der Waals surface area (Å²) in [4.78, 5) is 19.4. The number of aromatic nitrogens is 1.